The van der Waals surface area contributed by atoms with Crippen LogP contribution in [0.4, 0.5) is 24.5 Å². The van der Waals surface area contributed by atoms with Crippen LogP contribution in [-0.4, -0.2) is 30.9 Å². The summed E-state index contributed by atoms with van der Waals surface area (Å²) in [6.07, 6.45) is 0. The van der Waals surface area contributed by atoms with E-state index >= 15 is 0 Å². The fraction of sp³-hybridized carbons (Fsp3) is 0.333. The number of nitrogens with two attached hydrogens (primary N) is 1. The molecule has 9 heteroatoms. The van der Waals surface area contributed by atoms with Crippen LogP contribution in [0.25, 0.3) is 0 Å². The molecule has 1 aliphatic heterocycles. The van der Waals surface area contributed by atoms with Crippen molar-refractivity contribution in [1.82, 2.24) is 4.90 Å². The number of hydrogen-bond donors (Lipinski definition) is 2. The average molecular weight is 420 g/mol. The minimum Gasteiger partial charge on any atom is -0.494 e. The number of carbonyl (C=O) groups is 1. The van der Waals surface area contributed by atoms with E-state index in [1.54, 1.807) is 20.8 Å². The van der Waals surface area contributed by atoms with E-state index in [2.05, 4.69) is 10.3 Å². The number of guanidine groups is 1. The van der Waals surface area contributed by atoms with E-state index in [0.29, 0.717) is 5.69 Å². The number of halogens is 3. The molecule has 3 N–H and O–H groups in total. The van der Waals surface area contributed by atoms with Gasteiger partial charge in [0.05, 0.1) is 18.2 Å². The van der Waals surface area contributed by atoms with Gasteiger partial charge in [-0.3, -0.25) is 9.69 Å². The summed E-state index contributed by atoms with van der Waals surface area (Å²) in [7, 11) is 2.82. The number of aliphatic imine (C=N–C) groups is 1. The van der Waals surface area contributed by atoms with Crippen molar-refractivity contribution in [3.05, 3.63) is 53.3 Å². The first-order valence-corrected chi connectivity index (χ1v) is 9.16. The number of nitrogens with zero attached hydrogens (tertiary/aromatic N) is 2. The Morgan fingerprint density at radius 1 is 1.07 bits per heavy atom. The minimum atomic E-state index is -1.30. The van der Waals surface area contributed by atoms with Gasteiger partial charge in [0.25, 0.3) is 0 Å². The zero-order chi connectivity index (χ0) is 22.4. The molecule has 1 heterocycles. The SMILES string of the molecule is COc1cc(F)c(F)cc1Nc1ccc(F)c(C2(C)N=C(N)N(C)C(=O)C2(C)C)c1. The molecule has 0 aliphatic carbocycles. The second kappa shape index (κ2) is 7.23. The van der Waals surface area contributed by atoms with Crippen LogP contribution in [0, 0.1) is 22.9 Å². The third kappa shape index (κ3) is 3.24. The van der Waals surface area contributed by atoms with Gasteiger partial charge in [0, 0.05) is 30.4 Å². The molecule has 1 amide bonds. The molecule has 160 valence electrons. The number of hydrogen-bond acceptors (Lipinski definition) is 5. The van der Waals surface area contributed by atoms with Crippen molar-refractivity contribution in [2.45, 2.75) is 26.3 Å². The number of rotatable bonds is 4. The molecule has 2 aromatic carbocycles. The molecule has 0 radical (unpaired) electrons. The predicted octanol–water partition coefficient (Wildman–Crippen LogP) is 3.88. The molecule has 1 aliphatic rings. The van der Waals surface area contributed by atoms with E-state index < -0.39 is 28.4 Å². The number of nitrogens with one attached hydrogen (secondary N) is 1. The third-order valence-corrected chi connectivity index (χ3v) is 5.75. The molecular formula is C21H23F3N4O2. The highest BCUT2D eigenvalue weighted by Crippen LogP contribution is 2.48. The van der Waals surface area contributed by atoms with Gasteiger partial charge >= 0.3 is 0 Å². The first-order valence-electron chi connectivity index (χ1n) is 9.16. The van der Waals surface area contributed by atoms with E-state index in [9.17, 15) is 18.0 Å². The van der Waals surface area contributed by atoms with Gasteiger partial charge in [-0.05, 0) is 39.0 Å². The highest BCUT2D eigenvalue weighted by atomic mass is 19.2. The highest BCUT2D eigenvalue weighted by Gasteiger charge is 2.53. The lowest BCUT2D eigenvalue weighted by Gasteiger charge is -2.46. The van der Waals surface area contributed by atoms with E-state index in [-0.39, 0.29) is 28.9 Å². The molecule has 0 fully saturated rings. The fourth-order valence-electron chi connectivity index (χ4n) is 3.50. The lowest BCUT2D eigenvalue weighted by molar-refractivity contribution is -0.140. The molecular weight excluding hydrogens is 397 g/mol. The lowest BCUT2D eigenvalue weighted by atomic mass is 9.67. The van der Waals surface area contributed by atoms with Crippen LogP contribution >= 0.6 is 0 Å². The zero-order valence-corrected chi connectivity index (χ0v) is 17.3. The van der Waals surface area contributed by atoms with Crippen molar-refractivity contribution in [3.63, 3.8) is 0 Å². The maximum Gasteiger partial charge on any atom is 0.237 e. The summed E-state index contributed by atoms with van der Waals surface area (Å²) in [5, 5.41) is 2.90. The molecule has 6 nitrogen and oxygen atoms in total. The van der Waals surface area contributed by atoms with Crippen molar-refractivity contribution in [2.75, 3.05) is 19.5 Å². The van der Waals surface area contributed by atoms with E-state index in [1.807, 2.05) is 0 Å². The van der Waals surface area contributed by atoms with Gasteiger partial charge in [-0.1, -0.05) is 0 Å². The maximum absolute atomic E-state index is 14.9. The first-order chi connectivity index (χ1) is 13.9. The van der Waals surface area contributed by atoms with E-state index in [1.165, 1.54) is 37.3 Å². The van der Waals surface area contributed by atoms with Crippen LogP contribution in [0.5, 0.6) is 5.75 Å². The van der Waals surface area contributed by atoms with Crippen molar-refractivity contribution in [3.8, 4) is 5.75 Å². The number of benzene rings is 2. The summed E-state index contributed by atoms with van der Waals surface area (Å²) in [6, 6.07) is 5.96. The quantitative estimate of drug-likeness (QED) is 0.787. The van der Waals surface area contributed by atoms with Crippen molar-refractivity contribution < 1.29 is 22.7 Å². The molecule has 0 aromatic heterocycles. The standard InChI is InChI=1S/C21H23F3N4O2/c1-20(2)18(29)28(4)19(25)27-21(20,3)12-8-11(6-7-13(12)22)26-16-9-14(23)15(24)10-17(16)30-5/h6-10,26H,1-5H3,(H2,25,27). The monoisotopic (exact) mass is 420 g/mol. The van der Waals surface area contributed by atoms with Gasteiger partial charge in [0.1, 0.15) is 17.1 Å². The number of carbonyl (C=O) groups excluding carboxylic acids is 1. The fourth-order valence-corrected chi connectivity index (χ4v) is 3.50. The molecule has 1 unspecified atom stereocenters. The molecule has 2 aromatic rings. The summed E-state index contributed by atoms with van der Waals surface area (Å²) >= 11 is 0. The Labute approximate surface area is 172 Å². The van der Waals surface area contributed by atoms with Gasteiger partial charge in [0.2, 0.25) is 5.91 Å². The van der Waals surface area contributed by atoms with Gasteiger partial charge in [0.15, 0.2) is 17.6 Å². The topological polar surface area (TPSA) is 80.0 Å². The number of anilines is 2. The molecule has 0 spiro atoms. The van der Waals surface area contributed by atoms with Crippen LogP contribution in [0.2, 0.25) is 0 Å². The summed E-state index contributed by atoms with van der Waals surface area (Å²) in [6.45, 7) is 4.96. The van der Waals surface area contributed by atoms with Gasteiger partial charge in [-0.2, -0.15) is 0 Å². The smallest absolute Gasteiger partial charge is 0.237 e. The normalized spacial score (nSPS) is 20.7. The Hall–Kier alpha value is -3.23. The van der Waals surface area contributed by atoms with Crippen LogP contribution in [-0.2, 0) is 10.3 Å². The largest absolute Gasteiger partial charge is 0.494 e. The lowest BCUT2D eigenvalue weighted by Crippen LogP contribution is -2.58. The van der Waals surface area contributed by atoms with Crippen LogP contribution in [0.3, 0.4) is 0 Å². The van der Waals surface area contributed by atoms with E-state index in [0.717, 1.165) is 12.1 Å². The Bertz CT molecular complexity index is 1050. The van der Waals surface area contributed by atoms with Crippen molar-refractivity contribution >= 4 is 23.2 Å². The first kappa shape index (κ1) is 21.5. The number of ether oxygens (including phenoxy) is 1. The minimum absolute atomic E-state index is 0.0261. The van der Waals surface area contributed by atoms with Crippen molar-refractivity contribution in [2.24, 2.45) is 16.1 Å². The van der Waals surface area contributed by atoms with Crippen molar-refractivity contribution in [1.29, 1.82) is 0 Å². The molecule has 1 atom stereocenters. The second-order valence-electron chi connectivity index (χ2n) is 7.82. The zero-order valence-electron chi connectivity index (χ0n) is 17.3. The summed E-state index contributed by atoms with van der Waals surface area (Å²) in [4.78, 5) is 18.5. The average Bonchev–Trinajstić information content (AvgIpc) is 2.69. The van der Waals surface area contributed by atoms with Gasteiger partial charge in [-0.15, -0.1) is 0 Å². The third-order valence-electron chi connectivity index (χ3n) is 5.75. The second-order valence-corrected chi connectivity index (χ2v) is 7.82. The van der Waals surface area contributed by atoms with Gasteiger partial charge in [-0.25, -0.2) is 18.2 Å². The summed E-state index contributed by atoms with van der Waals surface area (Å²) in [5.41, 5.74) is 4.14. The number of amides is 1. The molecule has 3 rings (SSSR count). The summed E-state index contributed by atoms with van der Waals surface area (Å²) < 4.78 is 47.2. The molecule has 30 heavy (non-hydrogen) atoms. The Balaban J connectivity index is 2.11. The molecule has 0 bridgehead atoms. The van der Waals surface area contributed by atoms with Crippen LogP contribution in [0.15, 0.2) is 35.3 Å². The highest BCUT2D eigenvalue weighted by molar-refractivity contribution is 6.01. The Morgan fingerprint density at radius 2 is 1.70 bits per heavy atom. The molecule has 0 saturated heterocycles. The van der Waals surface area contributed by atoms with Crippen LogP contribution < -0.4 is 15.8 Å². The van der Waals surface area contributed by atoms with Crippen LogP contribution in [0.1, 0.15) is 26.3 Å². The summed E-state index contributed by atoms with van der Waals surface area (Å²) in [5.74, 6) is -2.96. The molecule has 0 saturated carbocycles. The maximum atomic E-state index is 14.9. The predicted molar refractivity (Wildman–Crippen MR) is 108 cm³/mol. The Kier molecular flexibility index (Phi) is 5.17. The van der Waals surface area contributed by atoms with Gasteiger partial charge < -0.3 is 15.8 Å². The number of methoxy groups -OCH3 is 1. The Morgan fingerprint density at radius 3 is 2.33 bits per heavy atom. The van der Waals surface area contributed by atoms with E-state index in [4.69, 9.17) is 10.5 Å².